The van der Waals surface area contributed by atoms with Gasteiger partial charge in [-0.05, 0) is 41.8 Å². The van der Waals surface area contributed by atoms with E-state index in [1.165, 1.54) is 18.2 Å². The van der Waals surface area contributed by atoms with E-state index in [2.05, 4.69) is 0 Å². The number of halogens is 5. The molecule has 0 unspecified atom stereocenters. The van der Waals surface area contributed by atoms with E-state index in [1.54, 1.807) is 6.07 Å². The number of alkyl halides is 2. The minimum Gasteiger partial charge on any atom is -0.207 e. The molecule has 0 aliphatic rings. The van der Waals surface area contributed by atoms with Crippen LogP contribution < -0.4 is 0 Å². The molecule has 0 bridgehead atoms. The Labute approximate surface area is 143 Å². The van der Waals surface area contributed by atoms with Crippen LogP contribution in [0.3, 0.4) is 0 Å². The summed E-state index contributed by atoms with van der Waals surface area (Å²) in [5, 5.41) is 1.08. The average Bonchev–Trinajstić information content (AvgIpc) is 2.49. The van der Waals surface area contributed by atoms with Gasteiger partial charge < -0.3 is 0 Å². The molecule has 0 saturated carbocycles. The third-order valence-corrected chi connectivity index (χ3v) is 5.21. The maximum atomic E-state index is 13.5. The molecule has 2 aromatic rings. The summed E-state index contributed by atoms with van der Waals surface area (Å²) in [6, 6.07) is 11.7. The van der Waals surface area contributed by atoms with Gasteiger partial charge in [0.15, 0.2) is 0 Å². The molecule has 2 rings (SSSR count). The molecule has 0 aromatic heterocycles. The van der Waals surface area contributed by atoms with Crippen molar-refractivity contribution in [3.05, 3.63) is 69.5 Å². The molecule has 0 fully saturated rings. The first-order chi connectivity index (χ1) is 10.0. The molecule has 0 aliphatic carbocycles. The third-order valence-electron chi connectivity index (χ3n) is 3.49. The van der Waals surface area contributed by atoms with Crippen molar-refractivity contribution in [2.75, 3.05) is 11.8 Å². The lowest BCUT2D eigenvalue weighted by Gasteiger charge is -2.31. The van der Waals surface area contributed by atoms with Crippen LogP contribution in [0.15, 0.2) is 42.5 Å². The Morgan fingerprint density at radius 3 is 2.19 bits per heavy atom. The van der Waals surface area contributed by atoms with Gasteiger partial charge in [0, 0.05) is 27.2 Å². The first kappa shape index (κ1) is 16.9. The molecule has 0 radical (unpaired) electrons. The van der Waals surface area contributed by atoms with Gasteiger partial charge in [0.25, 0.3) is 0 Å². The number of rotatable bonds is 5. The highest BCUT2D eigenvalue weighted by atomic mass is 35.5. The van der Waals surface area contributed by atoms with Gasteiger partial charge in [-0.1, -0.05) is 41.4 Å². The molecule has 21 heavy (non-hydrogen) atoms. The summed E-state index contributed by atoms with van der Waals surface area (Å²) in [4.78, 5) is 0. The molecule has 2 aromatic carbocycles. The molecule has 0 spiro atoms. The lowest BCUT2D eigenvalue weighted by Crippen LogP contribution is -2.33. The van der Waals surface area contributed by atoms with Crippen molar-refractivity contribution < 1.29 is 4.39 Å². The highest BCUT2D eigenvalue weighted by molar-refractivity contribution is 6.32. The van der Waals surface area contributed by atoms with Crippen molar-refractivity contribution in [1.29, 1.82) is 0 Å². The van der Waals surface area contributed by atoms with Crippen LogP contribution in [0.25, 0.3) is 0 Å². The fourth-order valence-corrected chi connectivity index (χ4v) is 3.59. The Morgan fingerprint density at radius 2 is 1.57 bits per heavy atom. The molecule has 0 atom stereocenters. The summed E-state index contributed by atoms with van der Waals surface area (Å²) in [5.41, 5.74) is 0.911. The smallest absolute Gasteiger partial charge is 0.123 e. The summed E-state index contributed by atoms with van der Waals surface area (Å²) < 4.78 is 13.5. The standard InChI is InChI=1S/C16H13Cl4F/c17-9-16(10-18,13-3-1-2-4-15(13)20)8-11-7-12(21)5-6-14(11)19/h1-7H,8-10H2. The maximum Gasteiger partial charge on any atom is 0.123 e. The van der Waals surface area contributed by atoms with Gasteiger partial charge in [-0.15, -0.1) is 23.2 Å². The second-order valence-electron chi connectivity index (χ2n) is 4.94. The van der Waals surface area contributed by atoms with Crippen molar-refractivity contribution in [2.45, 2.75) is 11.8 Å². The molecule has 0 saturated heterocycles. The summed E-state index contributed by atoms with van der Waals surface area (Å²) in [6.45, 7) is 0. The monoisotopic (exact) mass is 364 g/mol. The molecule has 112 valence electrons. The van der Waals surface area contributed by atoms with Crippen molar-refractivity contribution in [3.8, 4) is 0 Å². The van der Waals surface area contributed by atoms with Gasteiger partial charge in [0.1, 0.15) is 5.82 Å². The van der Waals surface area contributed by atoms with E-state index in [9.17, 15) is 4.39 Å². The maximum absolute atomic E-state index is 13.5. The van der Waals surface area contributed by atoms with E-state index >= 15 is 0 Å². The average molecular weight is 366 g/mol. The predicted octanol–water partition coefficient (Wildman–Crippen LogP) is 6.09. The Kier molecular flexibility index (Phi) is 5.79. The lowest BCUT2D eigenvalue weighted by molar-refractivity contribution is 0.533. The normalized spacial score (nSPS) is 11.7. The Hall–Kier alpha value is -0.470. The zero-order chi connectivity index (χ0) is 15.5. The zero-order valence-corrected chi connectivity index (χ0v) is 14.1. The minimum atomic E-state index is -0.598. The van der Waals surface area contributed by atoms with Crippen LogP contribution in [-0.2, 0) is 11.8 Å². The molecule has 0 nitrogen and oxygen atoms in total. The van der Waals surface area contributed by atoms with Gasteiger partial charge in [0.05, 0.1) is 0 Å². The zero-order valence-electron chi connectivity index (χ0n) is 11.1. The SMILES string of the molecule is Fc1ccc(Cl)c(CC(CCl)(CCl)c2ccccc2Cl)c1. The van der Waals surface area contributed by atoms with Crippen molar-refractivity contribution in [2.24, 2.45) is 0 Å². The van der Waals surface area contributed by atoms with Crippen LogP contribution >= 0.6 is 46.4 Å². The van der Waals surface area contributed by atoms with Gasteiger partial charge in [-0.2, -0.15) is 0 Å². The molecule has 0 N–H and O–H groups in total. The van der Waals surface area contributed by atoms with E-state index < -0.39 is 5.41 Å². The summed E-state index contributed by atoms with van der Waals surface area (Å²) in [6.07, 6.45) is 0.417. The fourth-order valence-electron chi connectivity index (χ4n) is 2.30. The molecular formula is C16H13Cl4F. The minimum absolute atomic E-state index is 0.257. The van der Waals surface area contributed by atoms with E-state index in [1.807, 2.05) is 18.2 Å². The summed E-state index contributed by atoms with van der Waals surface area (Å²) in [7, 11) is 0. The van der Waals surface area contributed by atoms with Crippen molar-refractivity contribution >= 4 is 46.4 Å². The highest BCUT2D eigenvalue weighted by Crippen LogP contribution is 2.37. The first-order valence-electron chi connectivity index (χ1n) is 6.33. The van der Waals surface area contributed by atoms with Gasteiger partial charge in [-0.3, -0.25) is 0 Å². The van der Waals surface area contributed by atoms with E-state index in [0.717, 1.165) is 5.56 Å². The Morgan fingerprint density at radius 1 is 0.905 bits per heavy atom. The topological polar surface area (TPSA) is 0 Å². The first-order valence-corrected chi connectivity index (χ1v) is 8.16. The van der Waals surface area contributed by atoms with E-state index in [4.69, 9.17) is 46.4 Å². The van der Waals surface area contributed by atoms with Crippen LogP contribution in [0.4, 0.5) is 4.39 Å². The van der Waals surface area contributed by atoms with Crippen molar-refractivity contribution in [3.63, 3.8) is 0 Å². The van der Waals surface area contributed by atoms with Crippen LogP contribution in [0.1, 0.15) is 11.1 Å². The second kappa shape index (κ2) is 7.19. The molecule has 0 amide bonds. The third kappa shape index (κ3) is 3.65. The number of hydrogen-bond donors (Lipinski definition) is 0. The van der Waals surface area contributed by atoms with Crippen LogP contribution in [0, 0.1) is 5.82 Å². The largest absolute Gasteiger partial charge is 0.207 e. The quantitative estimate of drug-likeness (QED) is 0.562. The summed E-state index contributed by atoms with van der Waals surface area (Å²) >= 11 is 24.8. The van der Waals surface area contributed by atoms with Crippen LogP contribution in [0.2, 0.25) is 10.0 Å². The van der Waals surface area contributed by atoms with Gasteiger partial charge in [0.2, 0.25) is 0 Å². The van der Waals surface area contributed by atoms with E-state index in [0.29, 0.717) is 22.0 Å². The predicted molar refractivity (Wildman–Crippen MR) is 89.7 cm³/mol. The van der Waals surface area contributed by atoms with Crippen molar-refractivity contribution in [1.82, 2.24) is 0 Å². The molecule has 5 heteroatoms. The molecular weight excluding hydrogens is 353 g/mol. The highest BCUT2D eigenvalue weighted by Gasteiger charge is 2.33. The number of benzene rings is 2. The molecule has 0 heterocycles. The van der Waals surface area contributed by atoms with Gasteiger partial charge >= 0.3 is 0 Å². The van der Waals surface area contributed by atoms with Crippen LogP contribution in [-0.4, -0.2) is 11.8 Å². The lowest BCUT2D eigenvalue weighted by atomic mass is 9.78. The van der Waals surface area contributed by atoms with Gasteiger partial charge in [-0.25, -0.2) is 4.39 Å². The Balaban J connectivity index is 2.48. The Bertz CT molecular complexity index is 623. The fraction of sp³-hybridized carbons (Fsp3) is 0.250. The second-order valence-corrected chi connectivity index (χ2v) is 6.29. The van der Waals surface area contributed by atoms with Crippen LogP contribution in [0.5, 0.6) is 0 Å². The van der Waals surface area contributed by atoms with E-state index in [-0.39, 0.29) is 17.6 Å². The number of hydrogen-bond acceptors (Lipinski definition) is 0. The summed E-state index contributed by atoms with van der Waals surface area (Å²) in [5.74, 6) is 0.173. The molecule has 0 aliphatic heterocycles.